The summed E-state index contributed by atoms with van der Waals surface area (Å²) in [6, 6.07) is 11.3. The molecule has 0 aliphatic carbocycles. The Morgan fingerprint density at radius 3 is 2.54 bits per heavy atom. The molecule has 0 unspecified atom stereocenters. The molecule has 3 amide bonds. The number of nitrogens with zero attached hydrogens (tertiary/aromatic N) is 4. The molecule has 2 aliphatic heterocycles. The van der Waals surface area contributed by atoms with Crippen molar-refractivity contribution in [3.8, 4) is 0 Å². The van der Waals surface area contributed by atoms with Crippen LogP contribution in [0.5, 0.6) is 0 Å². The van der Waals surface area contributed by atoms with Gasteiger partial charge in [-0.15, -0.1) is 0 Å². The van der Waals surface area contributed by atoms with Gasteiger partial charge in [0.2, 0.25) is 0 Å². The molecule has 0 radical (unpaired) electrons. The van der Waals surface area contributed by atoms with Crippen LogP contribution in [0.3, 0.4) is 0 Å². The minimum atomic E-state index is -0.539. The van der Waals surface area contributed by atoms with E-state index in [9.17, 15) is 18.4 Å². The van der Waals surface area contributed by atoms with Crippen LogP contribution in [-0.2, 0) is 9.53 Å². The number of morpholine rings is 1. The zero-order valence-corrected chi connectivity index (χ0v) is 21.0. The van der Waals surface area contributed by atoms with E-state index in [2.05, 4.69) is 15.3 Å². The summed E-state index contributed by atoms with van der Waals surface area (Å²) in [6.07, 6.45) is 1.04. The predicted molar refractivity (Wildman–Crippen MR) is 136 cm³/mol. The first-order valence-corrected chi connectivity index (χ1v) is 12.7. The third-order valence-corrected chi connectivity index (χ3v) is 6.53. The minimum Gasteiger partial charge on any atom is -0.379 e. The highest BCUT2D eigenvalue weighted by atomic mass is 19.1. The van der Waals surface area contributed by atoms with Crippen molar-refractivity contribution < 1.29 is 23.1 Å². The molecule has 1 N–H and O–H groups in total. The molecule has 10 heteroatoms. The number of benzene rings is 2. The lowest BCUT2D eigenvalue weighted by Crippen LogP contribution is -2.49. The van der Waals surface area contributed by atoms with Gasteiger partial charge in [-0.1, -0.05) is 37.3 Å². The van der Waals surface area contributed by atoms with Gasteiger partial charge >= 0.3 is 6.03 Å². The van der Waals surface area contributed by atoms with E-state index in [1.165, 1.54) is 28.1 Å². The Kier molecular flexibility index (Phi) is 9.19. The van der Waals surface area contributed by atoms with Gasteiger partial charge in [0.15, 0.2) is 0 Å². The summed E-state index contributed by atoms with van der Waals surface area (Å²) >= 11 is 0. The highest BCUT2D eigenvalue weighted by Gasteiger charge is 2.35. The molecule has 2 heterocycles. The predicted octanol–water partition coefficient (Wildman–Crippen LogP) is 3.40. The molecule has 1 fully saturated rings. The van der Waals surface area contributed by atoms with E-state index >= 15 is 0 Å². The second-order valence-corrected chi connectivity index (χ2v) is 9.14. The lowest BCUT2D eigenvalue weighted by Gasteiger charge is -2.31. The Morgan fingerprint density at radius 2 is 1.84 bits per heavy atom. The molecule has 0 aromatic heterocycles. The van der Waals surface area contributed by atoms with Crippen LogP contribution < -0.4 is 5.32 Å². The van der Waals surface area contributed by atoms with E-state index in [0.717, 1.165) is 19.5 Å². The number of ether oxygens (including phenoxy) is 1. The van der Waals surface area contributed by atoms with E-state index in [1.54, 1.807) is 30.3 Å². The first-order valence-electron chi connectivity index (χ1n) is 12.7. The Balaban J connectivity index is 1.55. The third-order valence-electron chi connectivity index (χ3n) is 6.53. The van der Waals surface area contributed by atoms with Crippen molar-refractivity contribution in [1.29, 1.82) is 0 Å². The summed E-state index contributed by atoms with van der Waals surface area (Å²) in [5.74, 6) is -1.22. The van der Waals surface area contributed by atoms with Crippen molar-refractivity contribution in [3.05, 3.63) is 71.3 Å². The molecule has 4 rings (SSSR count). The largest absolute Gasteiger partial charge is 0.379 e. The van der Waals surface area contributed by atoms with Gasteiger partial charge in [0.05, 0.1) is 25.0 Å². The molecule has 0 saturated carbocycles. The van der Waals surface area contributed by atoms with Crippen molar-refractivity contribution in [3.63, 3.8) is 0 Å². The number of rotatable bonds is 9. The number of amides is 3. The fraction of sp³-hybridized carbons (Fsp3) is 0.444. The molecule has 1 atom stereocenters. The van der Waals surface area contributed by atoms with Crippen LogP contribution in [0.4, 0.5) is 13.6 Å². The van der Waals surface area contributed by atoms with E-state index < -0.39 is 23.6 Å². The number of urea groups is 1. The van der Waals surface area contributed by atoms with Crippen LogP contribution in [0, 0.1) is 11.6 Å². The molecule has 37 heavy (non-hydrogen) atoms. The molecule has 0 bridgehead atoms. The molecule has 2 aromatic carbocycles. The zero-order chi connectivity index (χ0) is 26.2. The Hall–Kier alpha value is -3.37. The lowest BCUT2D eigenvalue weighted by molar-refractivity contribution is -0.133. The number of hydrogen-bond acceptors (Lipinski definition) is 5. The van der Waals surface area contributed by atoms with Gasteiger partial charge in [-0.05, 0) is 30.2 Å². The molecular weight excluding hydrogens is 480 g/mol. The Labute approximate surface area is 215 Å². The van der Waals surface area contributed by atoms with Crippen LogP contribution in [0.1, 0.15) is 36.9 Å². The van der Waals surface area contributed by atoms with Gasteiger partial charge in [0.25, 0.3) is 5.91 Å². The number of hydrogen-bond donors (Lipinski definition) is 1. The van der Waals surface area contributed by atoms with Gasteiger partial charge in [-0.2, -0.15) is 5.10 Å². The van der Waals surface area contributed by atoms with Gasteiger partial charge in [-0.25, -0.2) is 18.6 Å². The number of carbonyl (C=O) groups is 2. The summed E-state index contributed by atoms with van der Waals surface area (Å²) in [6.45, 7) is 6.07. The number of carbonyl (C=O) groups excluding carboxylic acids is 2. The maximum Gasteiger partial charge on any atom is 0.317 e. The summed E-state index contributed by atoms with van der Waals surface area (Å²) in [4.78, 5) is 30.2. The second kappa shape index (κ2) is 12.7. The van der Waals surface area contributed by atoms with E-state index in [0.29, 0.717) is 49.7 Å². The highest BCUT2D eigenvalue weighted by Crippen LogP contribution is 2.33. The average Bonchev–Trinajstić information content (AvgIpc) is 3.36. The van der Waals surface area contributed by atoms with Crippen LogP contribution in [0.25, 0.3) is 0 Å². The fourth-order valence-corrected chi connectivity index (χ4v) is 4.46. The molecule has 0 spiro atoms. The van der Waals surface area contributed by atoms with Crippen LogP contribution in [-0.4, -0.2) is 84.9 Å². The van der Waals surface area contributed by atoms with E-state index in [1.807, 2.05) is 6.92 Å². The second-order valence-electron chi connectivity index (χ2n) is 9.14. The molecule has 1 saturated heterocycles. The molecule has 2 aliphatic rings. The summed E-state index contributed by atoms with van der Waals surface area (Å²) in [5.41, 5.74) is 1.42. The summed E-state index contributed by atoms with van der Waals surface area (Å²) < 4.78 is 33.6. The smallest absolute Gasteiger partial charge is 0.317 e. The Bertz CT molecular complexity index is 1110. The van der Waals surface area contributed by atoms with Gasteiger partial charge in [-0.3, -0.25) is 9.69 Å². The minimum absolute atomic E-state index is 0.189. The van der Waals surface area contributed by atoms with Crippen molar-refractivity contribution in [1.82, 2.24) is 20.1 Å². The van der Waals surface area contributed by atoms with Crippen LogP contribution >= 0.6 is 0 Å². The first-order chi connectivity index (χ1) is 18.0. The third kappa shape index (κ3) is 6.90. The number of nitrogens with one attached hydrogen (secondary N) is 1. The van der Waals surface area contributed by atoms with E-state index in [4.69, 9.17) is 4.74 Å². The van der Waals surface area contributed by atoms with Crippen molar-refractivity contribution in [2.24, 2.45) is 5.10 Å². The normalized spacial score (nSPS) is 18.0. The van der Waals surface area contributed by atoms with Crippen LogP contribution in [0.2, 0.25) is 0 Å². The zero-order valence-electron chi connectivity index (χ0n) is 21.0. The fourth-order valence-electron chi connectivity index (χ4n) is 4.46. The maximum absolute atomic E-state index is 14.6. The van der Waals surface area contributed by atoms with E-state index in [-0.39, 0.29) is 19.0 Å². The van der Waals surface area contributed by atoms with Crippen molar-refractivity contribution in [2.75, 3.05) is 52.5 Å². The number of hydrazone groups is 1. The van der Waals surface area contributed by atoms with Gasteiger partial charge in [0, 0.05) is 44.7 Å². The topological polar surface area (TPSA) is 77.5 Å². The maximum atomic E-state index is 14.6. The standard InChI is InChI=1S/C27H33F2N5O3/c1-2-11-30-27(36)33(13-12-32-14-16-37-17-15-32)19-26(35)34-25(20-7-9-21(28)10-8-20)18-24(31-34)22-5-3-4-6-23(22)29/h3-10,25H,2,11-19H2,1H3,(H,30,36)/t25-/m1/s1. The average molecular weight is 514 g/mol. The number of halogens is 2. The van der Waals surface area contributed by atoms with Crippen LogP contribution in [0.15, 0.2) is 53.6 Å². The summed E-state index contributed by atoms with van der Waals surface area (Å²) in [7, 11) is 0. The Morgan fingerprint density at radius 1 is 1.11 bits per heavy atom. The SMILES string of the molecule is CCCNC(=O)N(CCN1CCOCC1)CC(=O)N1N=C(c2ccccc2F)C[C@@H]1c1ccc(F)cc1. The quantitative estimate of drug-likeness (QED) is 0.558. The molecular formula is C27H33F2N5O3. The molecule has 198 valence electrons. The van der Waals surface area contributed by atoms with Crippen molar-refractivity contribution in [2.45, 2.75) is 25.8 Å². The van der Waals surface area contributed by atoms with Gasteiger partial charge < -0.3 is 15.0 Å². The monoisotopic (exact) mass is 513 g/mol. The lowest BCUT2D eigenvalue weighted by atomic mass is 9.98. The first kappa shape index (κ1) is 26.7. The van der Waals surface area contributed by atoms with Gasteiger partial charge in [0.1, 0.15) is 18.2 Å². The molecule has 2 aromatic rings. The molecule has 8 nitrogen and oxygen atoms in total. The highest BCUT2D eigenvalue weighted by molar-refractivity contribution is 6.03. The summed E-state index contributed by atoms with van der Waals surface area (Å²) in [5, 5.41) is 8.67. The van der Waals surface area contributed by atoms with Crippen molar-refractivity contribution >= 4 is 17.6 Å².